The Morgan fingerprint density at radius 1 is 1.29 bits per heavy atom. The van der Waals surface area contributed by atoms with Gasteiger partial charge in [0.2, 0.25) is 0 Å². The number of aromatic nitrogens is 2. The molecule has 1 aromatic heterocycles. The third-order valence-corrected chi connectivity index (χ3v) is 5.67. The standard InChI is InChI=1S/C15H16BrClFN3/c16-9-6-11-14(7-10(9)18)21(15(8-17)19-11)13-3-5-20-4-1-2-12(13)20/h6-7,12-13H,1-5,8H2. The van der Waals surface area contributed by atoms with Crippen LogP contribution in [0.2, 0.25) is 0 Å². The van der Waals surface area contributed by atoms with Crippen LogP contribution in [0.4, 0.5) is 4.39 Å². The van der Waals surface area contributed by atoms with Crippen molar-refractivity contribution in [1.82, 2.24) is 14.5 Å². The minimum atomic E-state index is -0.244. The first-order chi connectivity index (χ1) is 10.2. The minimum Gasteiger partial charge on any atom is -0.322 e. The van der Waals surface area contributed by atoms with Crippen LogP contribution in [0.25, 0.3) is 11.0 Å². The molecule has 2 aliphatic rings. The lowest BCUT2D eigenvalue weighted by Crippen LogP contribution is -2.28. The first kappa shape index (κ1) is 14.0. The van der Waals surface area contributed by atoms with Crippen LogP contribution in [-0.2, 0) is 5.88 Å². The van der Waals surface area contributed by atoms with E-state index in [4.69, 9.17) is 11.6 Å². The molecule has 2 saturated heterocycles. The van der Waals surface area contributed by atoms with Gasteiger partial charge in [-0.15, -0.1) is 11.6 Å². The van der Waals surface area contributed by atoms with Gasteiger partial charge >= 0.3 is 0 Å². The van der Waals surface area contributed by atoms with E-state index in [0.29, 0.717) is 22.4 Å². The molecule has 0 saturated carbocycles. The molecule has 0 amide bonds. The SMILES string of the molecule is Fc1cc2c(cc1Br)nc(CCl)n2C1CCN2CCCC12. The number of hydrogen-bond donors (Lipinski definition) is 0. The largest absolute Gasteiger partial charge is 0.322 e. The highest BCUT2D eigenvalue weighted by Crippen LogP contribution is 2.39. The summed E-state index contributed by atoms with van der Waals surface area (Å²) in [7, 11) is 0. The summed E-state index contributed by atoms with van der Waals surface area (Å²) in [5, 5.41) is 0. The first-order valence-corrected chi connectivity index (χ1v) is 8.67. The summed E-state index contributed by atoms with van der Waals surface area (Å²) >= 11 is 9.34. The van der Waals surface area contributed by atoms with Crippen LogP contribution in [0.1, 0.15) is 31.1 Å². The monoisotopic (exact) mass is 371 g/mol. The second kappa shape index (κ2) is 5.21. The fourth-order valence-corrected chi connectivity index (χ4v) is 4.48. The molecule has 4 rings (SSSR count). The van der Waals surface area contributed by atoms with Gasteiger partial charge in [-0.2, -0.15) is 0 Å². The Kier molecular flexibility index (Phi) is 3.47. The van der Waals surface area contributed by atoms with Crippen LogP contribution < -0.4 is 0 Å². The van der Waals surface area contributed by atoms with Crippen LogP contribution in [0, 0.1) is 5.82 Å². The molecule has 1 aromatic carbocycles. The Bertz CT molecular complexity index is 702. The second-order valence-corrected chi connectivity index (χ2v) is 7.01. The summed E-state index contributed by atoms with van der Waals surface area (Å²) in [4.78, 5) is 7.15. The number of alkyl halides is 1. The summed E-state index contributed by atoms with van der Waals surface area (Å²) in [5.41, 5.74) is 1.68. The summed E-state index contributed by atoms with van der Waals surface area (Å²) in [6.07, 6.45) is 3.56. The zero-order chi connectivity index (χ0) is 14.6. The van der Waals surface area contributed by atoms with Gasteiger partial charge in [-0.1, -0.05) is 0 Å². The summed E-state index contributed by atoms with van der Waals surface area (Å²) in [6.45, 7) is 2.31. The normalized spacial score (nSPS) is 25.9. The third kappa shape index (κ3) is 2.13. The molecule has 2 atom stereocenters. The van der Waals surface area contributed by atoms with Crippen molar-refractivity contribution < 1.29 is 4.39 Å². The summed E-state index contributed by atoms with van der Waals surface area (Å²) in [5.74, 6) is 0.964. The van der Waals surface area contributed by atoms with E-state index < -0.39 is 0 Å². The predicted octanol–water partition coefficient (Wildman–Crippen LogP) is 4.09. The molecule has 21 heavy (non-hydrogen) atoms. The van der Waals surface area contributed by atoms with Gasteiger partial charge in [0.25, 0.3) is 0 Å². The second-order valence-electron chi connectivity index (χ2n) is 5.89. The van der Waals surface area contributed by atoms with Crippen molar-refractivity contribution in [3.63, 3.8) is 0 Å². The molecule has 0 spiro atoms. The third-order valence-electron chi connectivity index (χ3n) is 4.83. The van der Waals surface area contributed by atoms with Crippen molar-refractivity contribution in [3.05, 3.63) is 28.2 Å². The molecule has 0 N–H and O–H groups in total. The van der Waals surface area contributed by atoms with Crippen molar-refractivity contribution in [2.24, 2.45) is 0 Å². The maximum absolute atomic E-state index is 14.0. The molecule has 0 radical (unpaired) electrons. The van der Waals surface area contributed by atoms with Crippen molar-refractivity contribution in [3.8, 4) is 0 Å². The van der Waals surface area contributed by atoms with Gasteiger partial charge in [0.05, 0.1) is 27.4 Å². The molecule has 2 unspecified atom stereocenters. The molecule has 0 bridgehead atoms. The molecule has 0 aliphatic carbocycles. The molecule has 3 heterocycles. The zero-order valence-corrected chi connectivity index (χ0v) is 13.9. The number of rotatable bonds is 2. The first-order valence-electron chi connectivity index (χ1n) is 7.35. The van der Waals surface area contributed by atoms with Crippen molar-refractivity contribution >= 4 is 38.6 Å². The lowest BCUT2D eigenvalue weighted by atomic mass is 10.1. The van der Waals surface area contributed by atoms with E-state index in [9.17, 15) is 4.39 Å². The molecule has 6 heteroatoms. The predicted molar refractivity (Wildman–Crippen MR) is 85.2 cm³/mol. The molecule has 2 aliphatic heterocycles. The number of halogens is 3. The Morgan fingerprint density at radius 3 is 2.95 bits per heavy atom. The van der Waals surface area contributed by atoms with Crippen LogP contribution >= 0.6 is 27.5 Å². The van der Waals surface area contributed by atoms with Crippen LogP contribution in [0.3, 0.4) is 0 Å². The van der Waals surface area contributed by atoms with E-state index in [2.05, 4.69) is 30.4 Å². The van der Waals surface area contributed by atoms with Gasteiger partial charge in [-0.25, -0.2) is 9.37 Å². The lowest BCUT2D eigenvalue weighted by molar-refractivity contribution is 0.290. The van der Waals surface area contributed by atoms with Crippen molar-refractivity contribution in [2.75, 3.05) is 13.1 Å². The van der Waals surface area contributed by atoms with Gasteiger partial charge in [-0.05, 0) is 47.8 Å². The van der Waals surface area contributed by atoms with Crippen LogP contribution in [0.5, 0.6) is 0 Å². The Balaban J connectivity index is 1.88. The average molecular weight is 373 g/mol. The number of fused-ring (bicyclic) bond motifs is 2. The molecule has 3 nitrogen and oxygen atoms in total. The quantitative estimate of drug-likeness (QED) is 0.741. The topological polar surface area (TPSA) is 21.1 Å². The average Bonchev–Trinajstić information content (AvgIpc) is 3.13. The van der Waals surface area contributed by atoms with E-state index in [1.807, 2.05) is 0 Å². The van der Waals surface area contributed by atoms with Gasteiger partial charge in [0.15, 0.2) is 0 Å². The van der Waals surface area contributed by atoms with Gasteiger partial charge in [-0.3, -0.25) is 4.90 Å². The highest BCUT2D eigenvalue weighted by atomic mass is 79.9. The Labute approximate surface area is 136 Å². The van der Waals surface area contributed by atoms with E-state index in [1.165, 1.54) is 19.4 Å². The number of hydrogen-bond acceptors (Lipinski definition) is 2. The van der Waals surface area contributed by atoms with E-state index in [-0.39, 0.29) is 5.82 Å². The van der Waals surface area contributed by atoms with E-state index in [0.717, 1.165) is 29.8 Å². The molecule has 112 valence electrons. The minimum absolute atomic E-state index is 0.244. The van der Waals surface area contributed by atoms with Crippen LogP contribution in [0.15, 0.2) is 16.6 Å². The molecular weight excluding hydrogens is 357 g/mol. The lowest BCUT2D eigenvalue weighted by Gasteiger charge is -2.23. The van der Waals surface area contributed by atoms with Gasteiger partial charge in [0.1, 0.15) is 11.6 Å². The fourth-order valence-electron chi connectivity index (χ4n) is 3.96. The van der Waals surface area contributed by atoms with Crippen molar-refractivity contribution in [1.29, 1.82) is 0 Å². The smallest absolute Gasteiger partial charge is 0.139 e. The van der Waals surface area contributed by atoms with Crippen LogP contribution in [-0.4, -0.2) is 33.6 Å². The zero-order valence-electron chi connectivity index (χ0n) is 11.5. The Hall–Kier alpha value is -0.650. The van der Waals surface area contributed by atoms with E-state index in [1.54, 1.807) is 12.1 Å². The van der Waals surface area contributed by atoms with Gasteiger partial charge < -0.3 is 4.57 Å². The molecule has 2 aromatic rings. The number of nitrogens with zero attached hydrogens (tertiary/aromatic N) is 3. The number of benzene rings is 1. The maximum Gasteiger partial charge on any atom is 0.139 e. The summed E-state index contributed by atoms with van der Waals surface area (Å²) in [6, 6.07) is 4.25. The highest BCUT2D eigenvalue weighted by molar-refractivity contribution is 9.10. The number of imidazole rings is 1. The summed E-state index contributed by atoms with van der Waals surface area (Å²) < 4.78 is 16.6. The fraction of sp³-hybridized carbons (Fsp3) is 0.533. The van der Waals surface area contributed by atoms with E-state index >= 15 is 0 Å². The molecular formula is C15H16BrClFN3. The Morgan fingerprint density at radius 2 is 2.14 bits per heavy atom. The molecule has 2 fully saturated rings. The maximum atomic E-state index is 14.0. The van der Waals surface area contributed by atoms with Crippen molar-refractivity contribution in [2.45, 2.75) is 37.2 Å². The van der Waals surface area contributed by atoms with Gasteiger partial charge in [0, 0.05) is 18.7 Å². The highest BCUT2D eigenvalue weighted by Gasteiger charge is 2.39.